The topological polar surface area (TPSA) is 57.5 Å². The van der Waals surface area contributed by atoms with Crippen LogP contribution < -0.4 is 0 Å². The Balaban J connectivity index is 3.57. The van der Waals surface area contributed by atoms with Crippen molar-refractivity contribution < 1.29 is 39.7 Å². The Labute approximate surface area is 103 Å². The van der Waals surface area contributed by atoms with Crippen LogP contribution in [0.25, 0.3) is 0 Å². The second kappa shape index (κ2) is 4.18. The number of alkyl halides is 6. The van der Waals surface area contributed by atoms with Crippen molar-refractivity contribution in [2.75, 3.05) is 0 Å². The van der Waals surface area contributed by atoms with Crippen LogP contribution in [0.15, 0.2) is 35.2 Å². The van der Waals surface area contributed by atoms with Crippen molar-refractivity contribution in [3.8, 4) is 0 Å². The van der Waals surface area contributed by atoms with E-state index < -0.39 is 32.1 Å². The smallest absolute Gasteiger partial charge is 0.304 e. The first-order chi connectivity index (χ1) is 8.25. The van der Waals surface area contributed by atoms with Gasteiger partial charge in [-0.2, -0.15) is 26.3 Å². The zero-order valence-corrected chi connectivity index (χ0v) is 9.76. The molecular formula is C9H8F6O3S. The maximum Gasteiger partial charge on any atom is 0.414 e. The molecule has 0 aliphatic carbocycles. The Morgan fingerprint density at radius 3 is 1.58 bits per heavy atom. The monoisotopic (exact) mass is 310 g/mol. The minimum Gasteiger partial charge on any atom is -0.304 e. The van der Waals surface area contributed by atoms with Crippen LogP contribution >= 0.6 is 0 Å². The van der Waals surface area contributed by atoms with Gasteiger partial charge in [-0.3, -0.25) is 0 Å². The van der Waals surface area contributed by atoms with Gasteiger partial charge in [0.25, 0.3) is 5.25 Å². The lowest BCUT2D eigenvalue weighted by atomic mass is 10.4. The summed E-state index contributed by atoms with van der Waals surface area (Å²) < 4.78 is 105. The Morgan fingerprint density at radius 1 is 0.895 bits per heavy atom. The highest BCUT2D eigenvalue weighted by molar-refractivity contribution is 8.10. The molecule has 2 N–H and O–H groups in total. The highest BCUT2D eigenvalue weighted by Gasteiger charge is 2.70. The van der Waals surface area contributed by atoms with Crippen molar-refractivity contribution in [3.63, 3.8) is 0 Å². The fraction of sp³-hybridized carbons (Fsp3) is 0.333. The van der Waals surface area contributed by atoms with Crippen LogP contribution in [-0.4, -0.2) is 30.9 Å². The van der Waals surface area contributed by atoms with Gasteiger partial charge in [0, 0.05) is 0 Å². The quantitative estimate of drug-likeness (QED) is 0.824. The summed E-state index contributed by atoms with van der Waals surface area (Å²) >= 11 is 0. The van der Waals surface area contributed by atoms with Crippen LogP contribution in [0.3, 0.4) is 0 Å². The summed E-state index contributed by atoms with van der Waals surface area (Å²) in [5.41, 5.74) is 0. The van der Waals surface area contributed by atoms with Gasteiger partial charge in [0.15, 0.2) is 0 Å². The number of hydrogen-bond acceptors (Lipinski definition) is 1. The lowest BCUT2D eigenvalue weighted by Crippen LogP contribution is -2.59. The summed E-state index contributed by atoms with van der Waals surface area (Å²) in [4.78, 5) is -1.35. The minimum atomic E-state index is -7.18. The number of benzene rings is 1. The summed E-state index contributed by atoms with van der Waals surface area (Å²) in [6, 6.07) is 4.08. The van der Waals surface area contributed by atoms with Crippen LogP contribution in [0.2, 0.25) is 0 Å². The molecule has 19 heavy (non-hydrogen) atoms. The summed E-state index contributed by atoms with van der Waals surface area (Å²) in [5, 5.41) is -4.78. The van der Waals surface area contributed by atoms with Crippen LogP contribution in [0, 0.1) is 0 Å². The van der Waals surface area contributed by atoms with Gasteiger partial charge in [0.1, 0.15) is 9.63 Å². The zero-order chi connectivity index (χ0) is 15.1. The molecule has 0 unspecified atom stereocenters. The fourth-order valence-electron chi connectivity index (χ4n) is 1.48. The van der Waals surface area contributed by atoms with E-state index in [1.54, 1.807) is 0 Å². The molecular weight excluding hydrogens is 302 g/mol. The molecule has 110 valence electrons. The molecule has 1 rings (SSSR count). The standard InChI is InChI=1S/C9H8F6O3S/c10-8(11,12)7(9(13,14)15)19(16,17,18)6-4-2-1-3-5-6/h1-5,7H,(H2,16,17,18). The summed E-state index contributed by atoms with van der Waals surface area (Å²) in [5.74, 6) is 0. The van der Waals surface area contributed by atoms with Crippen molar-refractivity contribution in [1.82, 2.24) is 0 Å². The normalized spacial score (nSPS) is 16.2. The number of rotatable bonds is 2. The van der Waals surface area contributed by atoms with Gasteiger partial charge in [-0.1, -0.05) is 18.2 Å². The molecule has 10 heteroatoms. The van der Waals surface area contributed by atoms with Gasteiger partial charge < -0.3 is 9.11 Å². The fourth-order valence-corrected chi connectivity index (χ4v) is 3.38. The Kier molecular flexibility index (Phi) is 3.51. The Bertz CT molecular complexity index is 501. The molecule has 0 saturated heterocycles. The SMILES string of the molecule is O=S(O)(O)(c1ccccc1)C(C(F)(F)F)C(F)(F)F. The third-order valence-corrected chi connectivity index (χ3v) is 4.75. The largest absolute Gasteiger partial charge is 0.414 e. The van der Waals surface area contributed by atoms with Crippen LogP contribution in [0.4, 0.5) is 26.3 Å². The van der Waals surface area contributed by atoms with Gasteiger partial charge in [-0.25, -0.2) is 4.21 Å². The second-order valence-corrected chi connectivity index (χ2v) is 6.48. The first-order valence-electron chi connectivity index (χ1n) is 4.59. The molecule has 0 amide bonds. The molecule has 0 atom stereocenters. The second-order valence-electron chi connectivity index (χ2n) is 3.70. The van der Waals surface area contributed by atoms with Gasteiger partial charge in [0.2, 0.25) is 0 Å². The molecule has 0 aromatic heterocycles. The lowest BCUT2D eigenvalue weighted by Gasteiger charge is -2.39. The van der Waals surface area contributed by atoms with E-state index >= 15 is 0 Å². The third-order valence-electron chi connectivity index (χ3n) is 2.21. The average molecular weight is 310 g/mol. The predicted octanol–water partition coefficient (Wildman–Crippen LogP) is 3.30. The van der Waals surface area contributed by atoms with Crippen LogP contribution in [-0.2, 0) is 9.63 Å². The summed E-state index contributed by atoms with van der Waals surface area (Å²) in [7, 11) is -7.18. The highest BCUT2D eigenvalue weighted by atomic mass is 32.3. The number of halogens is 6. The molecule has 0 spiro atoms. The van der Waals surface area contributed by atoms with Crippen LogP contribution in [0.5, 0.6) is 0 Å². The van der Waals surface area contributed by atoms with Gasteiger partial charge in [-0.15, -0.1) is 0 Å². The average Bonchev–Trinajstić information content (AvgIpc) is 2.12. The van der Waals surface area contributed by atoms with E-state index in [0.29, 0.717) is 12.1 Å². The first-order valence-corrected chi connectivity index (χ1v) is 6.54. The Hall–Kier alpha value is -1.13. The molecule has 0 radical (unpaired) electrons. The van der Waals surface area contributed by atoms with Crippen molar-refractivity contribution in [2.45, 2.75) is 22.5 Å². The lowest BCUT2D eigenvalue weighted by molar-refractivity contribution is -0.230. The first kappa shape index (κ1) is 15.9. The molecule has 0 heterocycles. The molecule has 1 aromatic rings. The van der Waals surface area contributed by atoms with Gasteiger partial charge in [-0.05, 0) is 12.1 Å². The van der Waals surface area contributed by atoms with Crippen LogP contribution in [0.1, 0.15) is 0 Å². The molecule has 3 nitrogen and oxygen atoms in total. The van der Waals surface area contributed by atoms with E-state index in [4.69, 9.17) is 0 Å². The summed E-state index contributed by atoms with van der Waals surface area (Å²) in [6.45, 7) is 0. The van der Waals surface area contributed by atoms with Crippen molar-refractivity contribution in [2.24, 2.45) is 0 Å². The minimum absolute atomic E-state index is 0.513. The van der Waals surface area contributed by atoms with Gasteiger partial charge in [0.05, 0.1) is 4.90 Å². The van der Waals surface area contributed by atoms with Crippen molar-refractivity contribution in [3.05, 3.63) is 30.3 Å². The molecule has 0 fully saturated rings. The van der Waals surface area contributed by atoms with Crippen molar-refractivity contribution >= 4 is 9.63 Å². The molecule has 1 aromatic carbocycles. The van der Waals surface area contributed by atoms with E-state index in [-0.39, 0.29) is 0 Å². The van der Waals surface area contributed by atoms with E-state index in [2.05, 4.69) is 0 Å². The van der Waals surface area contributed by atoms with E-state index in [1.165, 1.54) is 6.07 Å². The predicted molar refractivity (Wildman–Crippen MR) is 54.0 cm³/mol. The highest BCUT2D eigenvalue weighted by Crippen LogP contribution is 2.49. The zero-order valence-electron chi connectivity index (χ0n) is 8.94. The molecule has 0 aliphatic heterocycles. The third kappa shape index (κ3) is 3.07. The van der Waals surface area contributed by atoms with E-state index in [0.717, 1.165) is 12.1 Å². The van der Waals surface area contributed by atoms with Gasteiger partial charge >= 0.3 is 12.4 Å². The van der Waals surface area contributed by atoms with E-state index in [9.17, 15) is 39.7 Å². The van der Waals surface area contributed by atoms with E-state index in [1.807, 2.05) is 0 Å². The molecule has 0 bridgehead atoms. The number of hydrogen-bond donors (Lipinski definition) is 2. The van der Waals surface area contributed by atoms with Crippen molar-refractivity contribution in [1.29, 1.82) is 0 Å². The maximum atomic E-state index is 12.4. The molecule has 0 aliphatic rings. The summed E-state index contributed by atoms with van der Waals surface area (Å²) in [6.07, 6.45) is -12.3. The molecule has 0 saturated carbocycles. The Morgan fingerprint density at radius 2 is 1.26 bits per heavy atom. The maximum absolute atomic E-state index is 12.4.